The number of anilines is 1. The molecule has 1 aliphatic rings. The lowest BCUT2D eigenvalue weighted by molar-refractivity contribution is 0.138. The van der Waals surface area contributed by atoms with Crippen LogP contribution in [0.1, 0.15) is 39.2 Å². The molecule has 4 nitrogen and oxygen atoms in total. The number of hydrogen-bond donors (Lipinski definition) is 0. The summed E-state index contributed by atoms with van der Waals surface area (Å²) in [5.74, 6) is 1.32. The minimum atomic E-state index is 0.143. The highest BCUT2D eigenvalue weighted by molar-refractivity contribution is 6.30. The predicted molar refractivity (Wildman–Crippen MR) is 80.1 cm³/mol. The van der Waals surface area contributed by atoms with E-state index in [2.05, 4.69) is 54.5 Å². The highest BCUT2D eigenvalue weighted by Gasteiger charge is 2.33. The largest absolute Gasteiger partial charge is 0.353 e. The highest BCUT2D eigenvalue weighted by atomic mass is 35.5. The standard InChI is InChI=1S/C14H23ClN4/c1-10(2)11-12(15)16-9-17-13(11)19-7-6-18(5)14(3,4)8-19/h9-10H,6-8H2,1-5H3. The van der Waals surface area contributed by atoms with Crippen molar-refractivity contribution < 1.29 is 0 Å². The molecule has 0 spiro atoms. The third-order valence-corrected chi connectivity index (χ3v) is 4.31. The van der Waals surface area contributed by atoms with Crippen molar-refractivity contribution in [3.8, 4) is 0 Å². The maximum absolute atomic E-state index is 6.26. The number of aromatic nitrogens is 2. The predicted octanol–water partition coefficient (Wildman–Crippen LogP) is 2.78. The first-order valence-corrected chi connectivity index (χ1v) is 7.17. The topological polar surface area (TPSA) is 32.3 Å². The summed E-state index contributed by atoms with van der Waals surface area (Å²) in [5.41, 5.74) is 1.20. The molecule has 2 heterocycles. The molecule has 5 heteroatoms. The molecule has 0 bridgehead atoms. The van der Waals surface area contributed by atoms with Crippen LogP contribution in [0.3, 0.4) is 0 Å². The third kappa shape index (κ3) is 2.84. The lowest BCUT2D eigenvalue weighted by Gasteiger charge is -2.46. The van der Waals surface area contributed by atoms with E-state index < -0.39 is 0 Å². The van der Waals surface area contributed by atoms with Crippen LogP contribution >= 0.6 is 11.6 Å². The third-order valence-electron chi connectivity index (χ3n) is 4.01. The Morgan fingerprint density at radius 3 is 2.53 bits per heavy atom. The second kappa shape index (κ2) is 5.25. The highest BCUT2D eigenvalue weighted by Crippen LogP contribution is 2.32. The van der Waals surface area contributed by atoms with E-state index in [1.807, 2.05) is 0 Å². The van der Waals surface area contributed by atoms with Crippen LogP contribution in [0.25, 0.3) is 0 Å². The molecule has 0 N–H and O–H groups in total. The van der Waals surface area contributed by atoms with Crippen molar-refractivity contribution in [2.45, 2.75) is 39.2 Å². The fourth-order valence-corrected chi connectivity index (χ4v) is 2.88. The van der Waals surface area contributed by atoms with Crippen LogP contribution in [-0.2, 0) is 0 Å². The fraction of sp³-hybridized carbons (Fsp3) is 0.714. The summed E-state index contributed by atoms with van der Waals surface area (Å²) in [4.78, 5) is 13.3. The Morgan fingerprint density at radius 1 is 1.26 bits per heavy atom. The van der Waals surface area contributed by atoms with Crippen molar-refractivity contribution in [2.24, 2.45) is 0 Å². The number of likely N-dealkylation sites (N-methyl/N-ethyl adjacent to an activating group) is 1. The van der Waals surface area contributed by atoms with Crippen molar-refractivity contribution in [2.75, 3.05) is 31.6 Å². The SMILES string of the molecule is CC(C)c1c(Cl)ncnc1N1CCN(C)C(C)(C)C1. The molecule has 0 atom stereocenters. The summed E-state index contributed by atoms with van der Waals surface area (Å²) in [5, 5.41) is 0.580. The van der Waals surface area contributed by atoms with E-state index >= 15 is 0 Å². The summed E-state index contributed by atoms with van der Waals surface area (Å²) in [7, 11) is 2.17. The molecule has 1 fully saturated rings. The van der Waals surface area contributed by atoms with Gasteiger partial charge in [-0.3, -0.25) is 4.90 Å². The Labute approximate surface area is 120 Å². The Hall–Kier alpha value is -0.870. The van der Waals surface area contributed by atoms with E-state index in [4.69, 9.17) is 11.6 Å². The van der Waals surface area contributed by atoms with Gasteiger partial charge in [-0.1, -0.05) is 25.4 Å². The first kappa shape index (κ1) is 14.5. The Bertz CT molecular complexity index is 459. The normalized spacial score (nSPS) is 20.1. The van der Waals surface area contributed by atoms with Gasteiger partial charge >= 0.3 is 0 Å². The van der Waals surface area contributed by atoms with E-state index in [1.165, 1.54) is 0 Å². The van der Waals surface area contributed by atoms with Gasteiger partial charge in [0.2, 0.25) is 0 Å². The van der Waals surface area contributed by atoms with Crippen LogP contribution in [-0.4, -0.2) is 47.1 Å². The van der Waals surface area contributed by atoms with Crippen LogP contribution in [0.5, 0.6) is 0 Å². The average Bonchev–Trinajstić information content (AvgIpc) is 2.31. The van der Waals surface area contributed by atoms with Gasteiger partial charge in [0, 0.05) is 30.7 Å². The van der Waals surface area contributed by atoms with E-state index in [1.54, 1.807) is 6.33 Å². The molecule has 1 aromatic rings. The summed E-state index contributed by atoms with van der Waals surface area (Å²) < 4.78 is 0. The minimum absolute atomic E-state index is 0.143. The molecule has 1 aliphatic heterocycles. The lowest BCUT2D eigenvalue weighted by Crippen LogP contribution is -2.58. The smallest absolute Gasteiger partial charge is 0.138 e. The van der Waals surface area contributed by atoms with E-state index in [0.29, 0.717) is 11.1 Å². The van der Waals surface area contributed by atoms with E-state index in [-0.39, 0.29) is 5.54 Å². The van der Waals surface area contributed by atoms with Crippen LogP contribution in [0.4, 0.5) is 5.82 Å². The maximum Gasteiger partial charge on any atom is 0.138 e. The molecule has 1 aromatic heterocycles. The van der Waals surface area contributed by atoms with Gasteiger partial charge in [0.05, 0.1) is 0 Å². The van der Waals surface area contributed by atoms with Gasteiger partial charge in [-0.2, -0.15) is 0 Å². The van der Waals surface area contributed by atoms with Crippen LogP contribution in [0, 0.1) is 0 Å². The van der Waals surface area contributed by atoms with Crippen LogP contribution < -0.4 is 4.90 Å². The van der Waals surface area contributed by atoms with Crippen molar-refractivity contribution in [1.29, 1.82) is 0 Å². The lowest BCUT2D eigenvalue weighted by atomic mass is 9.98. The molecular weight excluding hydrogens is 260 g/mol. The molecule has 0 radical (unpaired) electrons. The molecule has 1 saturated heterocycles. The fourth-order valence-electron chi connectivity index (χ4n) is 2.53. The van der Waals surface area contributed by atoms with E-state index in [9.17, 15) is 0 Å². The van der Waals surface area contributed by atoms with Crippen LogP contribution in [0.15, 0.2) is 6.33 Å². The zero-order valence-electron chi connectivity index (χ0n) is 12.4. The molecule has 0 aromatic carbocycles. The number of hydrogen-bond acceptors (Lipinski definition) is 4. The molecule has 0 saturated carbocycles. The van der Waals surface area contributed by atoms with Gasteiger partial charge in [-0.25, -0.2) is 9.97 Å². The maximum atomic E-state index is 6.26. The Balaban J connectivity index is 2.35. The molecular formula is C14H23ClN4. The number of rotatable bonds is 2. The van der Waals surface area contributed by atoms with Crippen LogP contribution in [0.2, 0.25) is 5.15 Å². The Kier molecular flexibility index (Phi) is 4.02. The number of piperazine rings is 1. The number of halogens is 1. The monoisotopic (exact) mass is 282 g/mol. The summed E-state index contributed by atoms with van der Waals surface area (Å²) in [6.07, 6.45) is 1.56. The van der Waals surface area contributed by atoms with Gasteiger partial charge < -0.3 is 4.90 Å². The van der Waals surface area contributed by atoms with Gasteiger partial charge in [-0.15, -0.1) is 0 Å². The van der Waals surface area contributed by atoms with E-state index in [0.717, 1.165) is 31.0 Å². The first-order valence-electron chi connectivity index (χ1n) is 6.79. The molecule has 0 amide bonds. The second-order valence-corrected chi connectivity index (χ2v) is 6.57. The van der Waals surface area contributed by atoms with Gasteiger partial charge in [0.1, 0.15) is 17.3 Å². The molecule has 2 rings (SSSR count). The number of nitrogens with zero attached hydrogens (tertiary/aromatic N) is 4. The summed E-state index contributed by atoms with van der Waals surface area (Å²) >= 11 is 6.26. The zero-order chi connectivity index (χ0) is 14.2. The second-order valence-electron chi connectivity index (χ2n) is 6.21. The summed E-state index contributed by atoms with van der Waals surface area (Å²) in [6.45, 7) is 11.8. The minimum Gasteiger partial charge on any atom is -0.353 e. The van der Waals surface area contributed by atoms with Crippen molar-refractivity contribution in [3.05, 3.63) is 17.0 Å². The molecule has 106 valence electrons. The molecule has 0 unspecified atom stereocenters. The summed E-state index contributed by atoms with van der Waals surface area (Å²) in [6, 6.07) is 0. The molecule has 0 aliphatic carbocycles. The van der Waals surface area contributed by atoms with Crippen molar-refractivity contribution >= 4 is 17.4 Å². The quantitative estimate of drug-likeness (QED) is 0.781. The Morgan fingerprint density at radius 2 is 1.95 bits per heavy atom. The first-order chi connectivity index (χ1) is 8.83. The van der Waals surface area contributed by atoms with Crippen molar-refractivity contribution in [1.82, 2.24) is 14.9 Å². The molecule has 19 heavy (non-hydrogen) atoms. The van der Waals surface area contributed by atoms with Gasteiger partial charge in [0.25, 0.3) is 0 Å². The van der Waals surface area contributed by atoms with Gasteiger partial charge in [0.15, 0.2) is 0 Å². The zero-order valence-corrected chi connectivity index (χ0v) is 13.2. The van der Waals surface area contributed by atoms with Gasteiger partial charge in [-0.05, 0) is 26.8 Å². The average molecular weight is 283 g/mol. The van der Waals surface area contributed by atoms with Crippen molar-refractivity contribution in [3.63, 3.8) is 0 Å².